The lowest BCUT2D eigenvalue weighted by atomic mass is 10.1. The lowest BCUT2D eigenvalue weighted by molar-refractivity contribution is -0.131. The van der Waals surface area contributed by atoms with Gasteiger partial charge in [0.25, 0.3) is 0 Å². The molecule has 0 aliphatic rings. The Morgan fingerprint density at radius 3 is 2.50 bits per heavy atom. The zero-order chi connectivity index (χ0) is 16.5. The van der Waals surface area contributed by atoms with Gasteiger partial charge in [-0.3, -0.25) is 14.9 Å². The van der Waals surface area contributed by atoms with Crippen molar-refractivity contribution >= 4 is 11.7 Å². The highest BCUT2D eigenvalue weighted by Gasteiger charge is 2.22. The Hall–Kier alpha value is -1.76. The van der Waals surface area contributed by atoms with E-state index in [0.29, 0.717) is 6.42 Å². The average molecular weight is 307 g/mol. The molecule has 0 aliphatic carbocycles. The number of ketones is 1. The van der Waals surface area contributed by atoms with Crippen LogP contribution in [0.3, 0.4) is 0 Å². The Labute approximate surface area is 131 Å². The number of hydrogen-bond acceptors (Lipinski definition) is 5. The van der Waals surface area contributed by atoms with E-state index < -0.39 is 18.1 Å². The quantitative estimate of drug-likeness (QED) is 0.496. The summed E-state index contributed by atoms with van der Waals surface area (Å²) in [7, 11) is 0. The third kappa shape index (κ3) is 5.93. The van der Waals surface area contributed by atoms with Crippen molar-refractivity contribution in [3.05, 3.63) is 35.9 Å². The summed E-state index contributed by atoms with van der Waals surface area (Å²) in [6.45, 7) is 3.63. The standard InChI is InChI=1S/C16H25N3O3/c1-3-7-13(17)15(21)16(22)18-10-14(20)19-11(2)12-8-5-4-6-9-12/h4-6,8-9,11,13,16,18,22H,3,7,10,17H2,1-2H3,(H,19,20)/t11-,13?,16+/m1/s1. The Balaban J connectivity index is 2.38. The Morgan fingerprint density at radius 1 is 1.27 bits per heavy atom. The van der Waals surface area contributed by atoms with Gasteiger partial charge >= 0.3 is 0 Å². The predicted molar refractivity (Wildman–Crippen MR) is 84.9 cm³/mol. The number of aliphatic hydroxyl groups excluding tert-OH is 1. The zero-order valence-corrected chi connectivity index (χ0v) is 13.1. The Kier molecular flexibility index (Phi) is 7.73. The molecule has 1 aromatic carbocycles. The van der Waals surface area contributed by atoms with E-state index >= 15 is 0 Å². The number of rotatable bonds is 9. The molecular formula is C16H25N3O3. The molecule has 0 aromatic heterocycles. The molecule has 0 saturated carbocycles. The van der Waals surface area contributed by atoms with Crippen molar-refractivity contribution in [1.82, 2.24) is 10.6 Å². The monoisotopic (exact) mass is 307 g/mol. The highest BCUT2D eigenvalue weighted by atomic mass is 16.3. The van der Waals surface area contributed by atoms with E-state index in [0.717, 1.165) is 12.0 Å². The molecule has 6 nitrogen and oxygen atoms in total. The van der Waals surface area contributed by atoms with Crippen molar-refractivity contribution in [3.8, 4) is 0 Å². The Bertz CT molecular complexity index is 479. The minimum Gasteiger partial charge on any atom is -0.371 e. The molecule has 1 rings (SSSR count). The molecule has 22 heavy (non-hydrogen) atoms. The van der Waals surface area contributed by atoms with Crippen LogP contribution < -0.4 is 16.4 Å². The first-order chi connectivity index (χ1) is 10.5. The third-order valence-corrected chi connectivity index (χ3v) is 3.37. The van der Waals surface area contributed by atoms with Crippen molar-refractivity contribution in [2.24, 2.45) is 5.73 Å². The van der Waals surface area contributed by atoms with Crippen molar-refractivity contribution in [2.45, 2.75) is 45.0 Å². The van der Waals surface area contributed by atoms with Gasteiger partial charge in [0, 0.05) is 0 Å². The van der Waals surface area contributed by atoms with Gasteiger partial charge in [-0.2, -0.15) is 0 Å². The van der Waals surface area contributed by atoms with Crippen LogP contribution in [0.2, 0.25) is 0 Å². The molecule has 0 heterocycles. The zero-order valence-electron chi connectivity index (χ0n) is 13.1. The Morgan fingerprint density at radius 2 is 1.91 bits per heavy atom. The van der Waals surface area contributed by atoms with Crippen LogP contribution in [0.5, 0.6) is 0 Å². The fourth-order valence-corrected chi connectivity index (χ4v) is 2.06. The number of carbonyl (C=O) groups is 2. The second kappa shape index (κ2) is 9.30. The fraction of sp³-hybridized carbons (Fsp3) is 0.500. The molecule has 6 heteroatoms. The number of amides is 1. The summed E-state index contributed by atoms with van der Waals surface area (Å²) >= 11 is 0. The summed E-state index contributed by atoms with van der Waals surface area (Å²) in [6.07, 6.45) is -0.150. The number of benzene rings is 1. The molecule has 0 spiro atoms. The smallest absolute Gasteiger partial charge is 0.234 e. The molecule has 0 radical (unpaired) electrons. The van der Waals surface area contributed by atoms with Gasteiger partial charge in [0.2, 0.25) is 5.91 Å². The molecule has 0 fully saturated rings. The van der Waals surface area contributed by atoms with E-state index in [-0.39, 0.29) is 18.5 Å². The second-order valence-corrected chi connectivity index (χ2v) is 5.28. The van der Waals surface area contributed by atoms with Gasteiger partial charge in [0.05, 0.1) is 18.6 Å². The van der Waals surface area contributed by atoms with E-state index in [2.05, 4.69) is 10.6 Å². The van der Waals surface area contributed by atoms with E-state index in [1.54, 1.807) is 0 Å². The maximum absolute atomic E-state index is 11.8. The predicted octanol–water partition coefficient (Wildman–Crippen LogP) is 0.468. The van der Waals surface area contributed by atoms with Gasteiger partial charge < -0.3 is 16.2 Å². The molecule has 5 N–H and O–H groups in total. The summed E-state index contributed by atoms with van der Waals surface area (Å²) < 4.78 is 0. The number of nitrogens with two attached hydrogens (primary N) is 1. The van der Waals surface area contributed by atoms with E-state index in [9.17, 15) is 14.7 Å². The maximum Gasteiger partial charge on any atom is 0.234 e. The summed E-state index contributed by atoms with van der Waals surface area (Å²) in [4.78, 5) is 23.5. The topological polar surface area (TPSA) is 104 Å². The lowest BCUT2D eigenvalue weighted by Gasteiger charge is -2.18. The number of aliphatic hydroxyl groups is 1. The van der Waals surface area contributed by atoms with Crippen molar-refractivity contribution in [1.29, 1.82) is 0 Å². The summed E-state index contributed by atoms with van der Waals surface area (Å²) in [5.41, 5.74) is 6.63. The average Bonchev–Trinajstić information content (AvgIpc) is 2.52. The highest BCUT2D eigenvalue weighted by Crippen LogP contribution is 2.10. The minimum atomic E-state index is -1.42. The molecule has 122 valence electrons. The molecule has 0 bridgehead atoms. The van der Waals surface area contributed by atoms with E-state index in [1.807, 2.05) is 44.2 Å². The van der Waals surface area contributed by atoms with Crippen LogP contribution in [0.4, 0.5) is 0 Å². The normalized spacial score (nSPS) is 14.9. The first-order valence-corrected chi connectivity index (χ1v) is 7.50. The molecule has 1 unspecified atom stereocenters. The van der Waals surface area contributed by atoms with Crippen LogP contribution in [-0.4, -0.2) is 35.6 Å². The van der Waals surface area contributed by atoms with Crippen LogP contribution >= 0.6 is 0 Å². The largest absolute Gasteiger partial charge is 0.371 e. The van der Waals surface area contributed by atoms with Crippen LogP contribution in [0.15, 0.2) is 30.3 Å². The van der Waals surface area contributed by atoms with Crippen LogP contribution in [-0.2, 0) is 9.59 Å². The molecule has 0 saturated heterocycles. The van der Waals surface area contributed by atoms with Gasteiger partial charge in [-0.15, -0.1) is 0 Å². The SMILES string of the molecule is CCCC(N)C(=O)[C@H](O)NCC(=O)N[C@H](C)c1ccccc1. The van der Waals surface area contributed by atoms with Gasteiger partial charge in [-0.05, 0) is 18.9 Å². The first kappa shape index (κ1) is 18.3. The summed E-state index contributed by atoms with van der Waals surface area (Å²) in [5, 5.41) is 15.0. The van der Waals surface area contributed by atoms with Crippen LogP contribution in [0, 0.1) is 0 Å². The van der Waals surface area contributed by atoms with Crippen molar-refractivity contribution in [2.75, 3.05) is 6.54 Å². The van der Waals surface area contributed by atoms with E-state index in [4.69, 9.17) is 5.73 Å². The molecule has 1 aromatic rings. The van der Waals surface area contributed by atoms with Gasteiger partial charge in [-0.25, -0.2) is 0 Å². The van der Waals surface area contributed by atoms with Crippen molar-refractivity contribution in [3.63, 3.8) is 0 Å². The number of Topliss-reactive ketones (excluding diaryl/α,β-unsaturated/α-hetero) is 1. The third-order valence-electron chi connectivity index (χ3n) is 3.37. The molecular weight excluding hydrogens is 282 g/mol. The number of hydrogen-bond donors (Lipinski definition) is 4. The highest BCUT2D eigenvalue weighted by molar-refractivity contribution is 5.88. The van der Waals surface area contributed by atoms with Gasteiger partial charge in [-0.1, -0.05) is 43.7 Å². The number of nitrogens with one attached hydrogen (secondary N) is 2. The summed E-state index contributed by atoms with van der Waals surface area (Å²) in [6, 6.07) is 8.67. The van der Waals surface area contributed by atoms with Crippen molar-refractivity contribution < 1.29 is 14.7 Å². The minimum absolute atomic E-state index is 0.148. The van der Waals surface area contributed by atoms with Crippen LogP contribution in [0.1, 0.15) is 38.3 Å². The molecule has 3 atom stereocenters. The number of carbonyl (C=O) groups excluding carboxylic acids is 2. The van der Waals surface area contributed by atoms with Gasteiger partial charge in [0.1, 0.15) is 0 Å². The van der Waals surface area contributed by atoms with Gasteiger partial charge in [0.15, 0.2) is 12.0 Å². The van der Waals surface area contributed by atoms with Crippen LogP contribution in [0.25, 0.3) is 0 Å². The molecule has 0 aliphatic heterocycles. The second-order valence-electron chi connectivity index (χ2n) is 5.28. The maximum atomic E-state index is 11.8. The molecule has 1 amide bonds. The first-order valence-electron chi connectivity index (χ1n) is 7.50. The van der Waals surface area contributed by atoms with E-state index in [1.165, 1.54) is 0 Å². The fourth-order valence-electron chi connectivity index (χ4n) is 2.06. The lowest BCUT2D eigenvalue weighted by Crippen LogP contribution is -2.49. The summed E-state index contributed by atoms with van der Waals surface area (Å²) in [5.74, 6) is -0.793.